The second kappa shape index (κ2) is 13.1. The molecule has 0 saturated carbocycles. The van der Waals surface area contributed by atoms with E-state index in [0.29, 0.717) is 24.8 Å². The van der Waals surface area contributed by atoms with Gasteiger partial charge in [0.1, 0.15) is 0 Å². The zero-order chi connectivity index (χ0) is 22.0. The summed E-state index contributed by atoms with van der Waals surface area (Å²) >= 11 is 11.5. The number of halogens is 2. The first kappa shape index (κ1) is 26.6. The van der Waals surface area contributed by atoms with E-state index in [4.69, 9.17) is 23.2 Å². The normalized spacial score (nSPS) is 24.6. The van der Waals surface area contributed by atoms with Crippen LogP contribution in [0.25, 0.3) is 0 Å². The number of alkyl halides is 2. The summed E-state index contributed by atoms with van der Waals surface area (Å²) in [5, 5.41) is 19.5. The van der Waals surface area contributed by atoms with Crippen LogP contribution in [0, 0.1) is 0 Å². The number of rotatable bonds is 13. The third-order valence-corrected chi connectivity index (χ3v) is 7.98. The number of piperazine rings is 2. The molecule has 0 radical (unpaired) electrons. The Bertz CT molecular complexity index is 428. The van der Waals surface area contributed by atoms with E-state index >= 15 is 0 Å². The summed E-state index contributed by atoms with van der Waals surface area (Å²) in [5.41, 5.74) is 0. The van der Waals surface area contributed by atoms with Crippen LogP contribution in [0.3, 0.4) is 0 Å². The van der Waals surface area contributed by atoms with E-state index in [-0.39, 0.29) is 0 Å². The SMILES string of the molecule is C[N+]1(CCCCCC[N+]2(C)CCN(CC(O)CCl)CC2)CCN(CC(O)CCl)CC1. The Labute approximate surface area is 194 Å². The van der Waals surface area contributed by atoms with Crippen LogP contribution in [0.4, 0.5) is 0 Å². The molecule has 2 aliphatic heterocycles. The summed E-state index contributed by atoms with van der Waals surface area (Å²) < 4.78 is 2.34. The van der Waals surface area contributed by atoms with E-state index in [1.807, 2.05) is 0 Å². The molecule has 0 spiro atoms. The molecular weight excluding hydrogens is 423 g/mol. The van der Waals surface area contributed by atoms with Gasteiger partial charge in [-0.2, -0.15) is 0 Å². The molecule has 0 aromatic heterocycles. The first-order chi connectivity index (χ1) is 14.3. The predicted octanol–water partition coefficient (Wildman–Crippen LogP) is 1.27. The van der Waals surface area contributed by atoms with E-state index in [0.717, 1.165) is 26.2 Å². The first-order valence-electron chi connectivity index (χ1n) is 11.9. The molecule has 2 fully saturated rings. The van der Waals surface area contributed by atoms with E-state index in [1.165, 1.54) is 73.9 Å². The van der Waals surface area contributed by atoms with Crippen LogP contribution < -0.4 is 0 Å². The molecule has 2 aliphatic rings. The van der Waals surface area contributed by atoms with Crippen molar-refractivity contribution < 1.29 is 19.2 Å². The van der Waals surface area contributed by atoms with Gasteiger partial charge in [0, 0.05) is 51.0 Å². The lowest BCUT2D eigenvalue weighted by Crippen LogP contribution is -2.58. The molecule has 0 aromatic carbocycles. The number of quaternary nitrogens is 2. The summed E-state index contributed by atoms with van der Waals surface area (Å²) in [6.07, 6.45) is 4.50. The van der Waals surface area contributed by atoms with Crippen LogP contribution in [0.1, 0.15) is 25.7 Å². The number of hydrogen-bond acceptors (Lipinski definition) is 4. The Morgan fingerprint density at radius 1 is 0.667 bits per heavy atom. The van der Waals surface area contributed by atoms with Crippen molar-refractivity contribution in [2.45, 2.75) is 37.9 Å². The fraction of sp³-hybridized carbons (Fsp3) is 1.00. The zero-order valence-corrected chi connectivity index (χ0v) is 20.8. The molecule has 2 N–H and O–H groups in total. The third-order valence-electron chi connectivity index (χ3n) is 7.26. The lowest BCUT2D eigenvalue weighted by atomic mass is 10.1. The number of aliphatic hydroxyl groups excluding tert-OH is 2. The molecule has 2 saturated heterocycles. The Kier molecular flexibility index (Phi) is 11.7. The van der Waals surface area contributed by atoms with Gasteiger partial charge in [0.25, 0.3) is 0 Å². The minimum absolute atomic E-state index is 0.329. The number of unbranched alkanes of at least 4 members (excludes halogenated alkanes) is 3. The third kappa shape index (κ3) is 9.45. The van der Waals surface area contributed by atoms with Crippen LogP contribution in [-0.4, -0.2) is 146 Å². The maximum absolute atomic E-state index is 9.74. The number of nitrogens with zero attached hydrogens (tertiary/aromatic N) is 4. The van der Waals surface area contributed by atoms with Crippen LogP contribution in [0.15, 0.2) is 0 Å². The van der Waals surface area contributed by atoms with Gasteiger partial charge in [0.05, 0.1) is 65.6 Å². The summed E-state index contributed by atoms with van der Waals surface area (Å²) in [7, 11) is 4.78. The van der Waals surface area contributed by atoms with Crippen LogP contribution >= 0.6 is 23.2 Å². The van der Waals surface area contributed by atoms with E-state index in [2.05, 4.69) is 23.9 Å². The molecule has 0 aliphatic carbocycles. The van der Waals surface area contributed by atoms with Crippen molar-refractivity contribution in [2.24, 2.45) is 0 Å². The molecule has 6 nitrogen and oxygen atoms in total. The van der Waals surface area contributed by atoms with Gasteiger partial charge >= 0.3 is 0 Å². The highest BCUT2D eigenvalue weighted by atomic mass is 35.5. The fourth-order valence-corrected chi connectivity index (χ4v) is 5.02. The van der Waals surface area contributed by atoms with E-state index in [9.17, 15) is 10.2 Å². The van der Waals surface area contributed by atoms with Gasteiger partial charge in [-0.25, -0.2) is 0 Å². The van der Waals surface area contributed by atoms with Crippen LogP contribution in [-0.2, 0) is 0 Å². The van der Waals surface area contributed by atoms with Crippen molar-refractivity contribution in [1.82, 2.24) is 9.80 Å². The van der Waals surface area contributed by atoms with Gasteiger partial charge in [-0.15, -0.1) is 23.2 Å². The van der Waals surface area contributed by atoms with Crippen LogP contribution in [0.5, 0.6) is 0 Å². The Hall–Kier alpha value is 0.340. The first-order valence-corrected chi connectivity index (χ1v) is 12.9. The Morgan fingerprint density at radius 3 is 1.30 bits per heavy atom. The van der Waals surface area contributed by atoms with Crippen LogP contribution in [0.2, 0.25) is 0 Å². The molecule has 2 heterocycles. The number of hydrogen-bond donors (Lipinski definition) is 2. The van der Waals surface area contributed by atoms with Crippen molar-refractivity contribution in [3.05, 3.63) is 0 Å². The van der Waals surface area contributed by atoms with E-state index in [1.54, 1.807) is 0 Å². The monoisotopic (exact) mass is 468 g/mol. The standard InChI is InChI=1S/C22H46Cl2N4O2/c1-27(13-7-25(8-14-27)19-21(29)17-23)11-5-3-4-6-12-28(2)15-9-26(10-16-28)20-22(30)18-24/h21-22,29-30H,3-20H2,1-2H3/q+2. The predicted molar refractivity (Wildman–Crippen MR) is 126 cm³/mol. The second-order valence-electron chi connectivity index (χ2n) is 10.2. The second-order valence-corrected chi connectivity index (χ2v) is 10.8. The Morgan fingerprint density at radius 2 is 1.00 bits per heavy atom. The fourth-order valence-electron chi connectivity index (χ4n) is 4.83. The molecule has 8 heteroatoms. The lowest BCUT2D eigenvalue weighted by Gasteiger charge is -2.43. The average molecular weight is 470 g/mol. The van der Waals surface area contributed by atoms with Gasteiger partial charge < -0.3 is 19.2 Å². The van der Waals surface area contributed by atoms with Crippen molar-refractivity contribution in [3.8, 4) is 0 Å². The van der Waals surface area contributed by atoms with Gasteiger partial charge in [0.2, 0.25) is 0 Å². The highest BCUT2D eigenvalue weighted by Crippen LogP contribution is 2.16. The largest absolute Gasteiger partial charge is 0.391 e. The summed E-state index contributed by atoms with van der Waals surface area (Å²) in [6.45, 7) is 13.0. The summed E-state index contributed by atoms with van der Waals surface area (Å²) in [6, 6.07) is 0. The molecule has 2 unspecified atom stereocenters. The Balaban J connectivity index is 1.53. The lowest BCUT2D eigenvalue weighted by molar-refractivity contribution is -0.914. The van der Waals surface area contributed by atoms with Gasteiger partial charge in [-0.3, -0.25) is 9.80 Å². The smallest absolute Gasteiger partial charge is 0.0914 e. The summed E-state index contributed by atoms with van der Waals surface area (Å²) in [5.74, 6) is 0.658. The maximum Gasteiger partial charge on any atom is 0.0914 e. The van der Waals surface area contributed by atoms with Crippen molar-refractivity contribution in [1.29, 1.82) is 0 Å². The van der Waals surface area contributed by atoms with E-state index < -0.39 is 12.2 Å². The molecule has 0 aromatic rings. The minimum Gasteiger partial charge on any atom is -0.391 e. The molecule has 2 atom stereocenters. The zero-order valence-electron chi connectivity index (χ0n) is 19.3. The molecule has 0 bridgehead atoms. The van der Waals surface area contributed by atoms with Gasteiger partial charge in [-0.05, 0) is 25.7 Å². The van der Waals surface area contributed by atoms with Crippen molar-refractivity contribution in [3.63, 3.8) is 0 Å². The van der Waals surface area contributed by atoms with Gasteiger partial charge in [-0.1, -0.05) is 0 Å². The topological polar surface area (TPSA) is 46.9 Å². The molecule has 2 rings (SSSR count). The van der Waals surface area contributed by atoms with Gasteiger partial charge in [0.15, 0.2) is 0 Å². The number of aliphatic hydroxyl groups is 2. The number of β-amino-alcohol motifs (C(OH)–C–C–N with tert-alkyl or cyclic N) is 2. The van der Waals surface area contributed by atoms with Crippen molar-refractivity contribution >= 4 is 23.2 Å². The summed E-state index contributed by atoms with van der Waals surface area (Å²) in [4.78, 5) is 4.71. The van der Waals surface area contributed by atoms with Crippen molar-refractivity contribution in [2.75, 3.05) is 104 Å². The maximum atomic E-state index is 9.74. The molecule has 178 valence electrons. The quantitative estimate of drug-likeness (QED) is 0.242. The average Bonchev–Trinajstić information content (AvgIpc) is 2.74. The molecular formula is C22H46Cl2N4O2+2. The molecule has 0 amide bonds. The minimum atomic E-state index is -0.395. The highest BCUT2D eigenvalue weighted by Gasteiger charge is 2.30. The highest BCUT2D eigenvalue weighted by molar-refractivity contribution is 6.18. The molecule has 30 heavy (non-hydrogen) atoms. The number of likely N-dealkylation sites (N-methyl/N-ethyl adjacent to an activating group) is 2.